The van der Waals surface area contributed by atoms with Gasteiger partial charge in [-0.15, -0.1) is 34.7 Å². The molecule has 13 nitrogen and oxygen atoms in total. The van der Waals surface area contributed by atoms with E-state index in [4.69, 9.17) is 22.1 Å². The average molecular weight is 541 g/mol. The Morgan fingerprint density at radius 1 is 1.43 bits per heavy atom. The summed E-state index contributed by atoms with van der Waals surface area (Å²) in [6.45, 7) is -0.267. The first-order valence-electron chi connectivity index (χ1n) is 9.89. The number of ether oxygens (including phenoxy) is 1. The van der Waals surface area contributed by atoms with E-state index in [9.17, 15) is 29.7 Å². The van der Waals surface area contributed by atoms with Gasteiger partial charge >= 0.3 is 5.97 Å². The number of rotatable bonds is 7. The molecule has 3 heterocycles. The number of nitrogens with zero attached hydrogens (tertiary/aromatic N) is 4. The van der Waals surface area contributed by atoms with Crippen LogP contribution in [-0.2, 0) is 25.7 Å². The lowest BCUT2D eigenvalue weighted by atomic mass is 10.0. The SMILES string of the molecule is Nc1nc(C(=NO)C(=O)NC2C(=O)N3CC(Cl)(C(=O)OCc4ccc([N+](=O)[O-])cc4)CS[C@H]23)cs1. The van der Waals surface area contributed by atoms with E-state index < -0.39 is 39.0 Å². The summed E-state index contributed by atoms with van der Waals surface area (Å²) in [5.74, 6) is -1.89. The number of nitrogen functional groups attached to an aromatic ring is 1. The van der Waals surface area contributed by atoms with Crippen molar-refractivity contribution in [3.63, 3.8) is 0 Å². The van der Waals surface area contributed by atoms with E-state index in [1.807, 2.05) is 0 Å². The van der Waals surface area contributed by atoms with Crippen molar-refractivity contribution in [3.05, 3.63) is 51.0 Å². The smallest absolute Gasteiger partial charge is 0.330 e. The van der Waals surface area contributed by atoms with Crippen molar-refractivity contribution in [2.45, 2.75) is 22.9 Å². The van der Waals surface area contributed by atoms with Gasteiger partial charge in [0, 0.05) is 23.3 Å². The number of anilines is 1. The quantitative estimate of drug-likeness (QED) is 0.0865. The van der Waals surface area contributed by atoms with E-state index in [1.54, 1.807) is 0 Å². The molecule has 0 bridgehead atoms. The fraction of sp³-hybridized carbons (Fsp3) is 0.316. The van der Waals surface area contributed by atoms with Crippen LogP contribution < -0.4 is 11.1 Å². The summed E-state index contributed by atoms with van der Waals surface area (Å²) in [4.78, 5) is 51.8. The largest absolute Gasteiger partial charge is 0.459 e. The van der Waals surface area contributed by atoms with Crippen molar-refractivity contribution < 1.29 is 29.3 Å². The van der Waals surface area contributed by atoms with E-state index in [0.717, 1.165) is 11.3 Å². The van der Waals surface area contributed by atoms with Gasteiger partial charge in [0.2, 0.25) is 5.91 Å². The number of fused-ring (bicyclic) bond motifs is 1. The number of carbonyl (C=O) groups excluding carboxylic acids is 3. The molecule has 2 aromatic rings. The van der Waals surface area contributed by atoms with Gasteiger partial charge in [-0.25, -0.2) is 4.98 Å². The fourth-order valence-corrected chi connectivity index (χ4v) is 5.78. The molecule has 16 heteroatoms. The molecule has 1 aromatic heterocycles. The van der Waals surface area contributed by atoms with E-state index >= 15 is 0 Å². The van der Waals surface area contributed by atoms with Crippen LogP contribution >= 0.6 is 34.7 Å². The molecule has 2 aliphatic rings. The maximum absolute atomic E-state index is 12.7. The van der Waals surface area contributed by atoms with Crippen LogP contribution in [0, 0.1) is 10.1 Å². The minimum atomic E-state index is -1.50. The van der Waals surface area contributed by atoms with E-state index in [-0.39, 0.29) is 41.1 Å². The number of nitro groups is 1. The molecule has 2 saturated heterocycles. The highest BCUT2D eigenvalue weighted by Crippen LogP contribution is 2.41. The number of aromatic nitrogens is 1. The molecule has 2 amide bonds. The zero-order valence-electron chi connectivity index (χ0n) is 17.6. The number of halogens is 1. The molecule has 4 N–H and O–H groups in total. The Balaban J connectivity index is 1.33. The first-order chi connectivity index (χ1) is 16.6. The zero-order valence-corrected chi connectivity index (χ0v) is 20.0. The number of thiazole rings is 1. The number of oxime groups is 1. The topological polar surface area (TPSA) is 190 Å². The van der Waals surface area contributed by atoms with Gasteiger partial charge in [0.1, 0.15) is 23.7 Å². The molecule has 4 rings (SSSR count). The molecular weight excluding hydrogens is 524 g/mol. The van der Waals surface area contributed by atoms with Crippen LogP contribution in [0.5, 0.6) is 0 Å². The predicted octanol–water partition coefficient (Wildman–Crippen LogP) is 0.933. The van der Waals surface area contributed by atoms with Crippen molar-refractivity contribution >= 4 is 69.0 Å². The second kappa shape index (κ2) is 9.67. The zero-order chi connectivity index (χ0) is 25.3. The summed E-state index contributed by atoms with van der Waals surface area (Å²) in [5.41, 5.74) is 5.68. The lowest BCUT2D eigenvalue weighted by Gasteiger charge is -2.52. The van der Waals surface area contributed by atoms with Crippen molar-refractivity contribution in [1.82, 2.24) is 15.2 Å². The van der Waals surface area contributed by atoms with Crippen LogP contribution in [0.4, 0.5) is 10.8 Å². The van der Waals surface area contributed by atoms with Crippen molar-refractivity contribution in [2.24, 2.45) is 5.16 Å². The molecule has 0 spiro atoms. The highest BCUT2D eigenvalue weighted by atomic mass is 35.5. The van der Waals surface area contributed by atoms with Crippen molar-refractivity contribution in [2.75, 3.05) is 18.0 Å². The molecule has 0 saturated carbocycles. The predicted molar refractivity (Wildman–Crippen MR) is 126 cm³/mol. The normalized spacial score (nSPS) is 23.7. The Bertz CT molecular complexity index is 1220. The molecular formula is C19H17ClN6O7S2. The number of carbonyl (C=O) groups is 3. The number of β-lactam (4-membered cyclic amide) rings is 1. The molecule has 3 atom stereocenters. The maximum Gasteiger partial charge on any atom is 0.330 e. The Labute approximate surface area is 210 Å². The number of hydrogen-bond donors (Lipinski definition) is 3. The van der Waals surface area contributed by atoms with Gasteiger partial charge in [-0.2, -0.15) is 0 Å². The van der Waals surface area contributed by atoms with Gasteiger partial charge in [0.25, 0.3) is 11.6 Å². The molecule has 2 aliphatic heterocycles. The number of hydrogen-bond acceptors (Lipinski definition) is 12. The number of non-ortho nitro benzene ring substituents is 1. The second-order valence-electron chi connectivity index (χ2n) is 7.60. The molecule has 0 aliphatic carbocycles. The number of esters is 1. The van der Waals surface area contributed by atoms with Crippen LogP contribution in [0.1, 0.15) is 11.3 Å². The van der Waals surface area contributed by atoms with E-state index in [2.05, 4.69) is 15.5 Å². The lowest BCUT2D eigenvalue weighted by Crippen LogP contribution is -2.74. The summed E-state index contributed by atoms with van der Waals surface area (Å²) in [6.07, 6.45) is 0. The van der Waals surface area contributed by atoms with Gasteiger partial charge < -0.3 is 25.9 Å². The number of nitrogens with one attached hydrogen (secondary N) is 1. The van der Waals surface area contributed by atoms with Gasteiger partial charge in [-0.05, 0) is 17.7 Å². The minimum absolute atomic E-state index is 0.0722. The first kappa shape index (κ1) is 24.7. The van der Waals surface area contributed by atoms with Gasteiger partial charge in [-0.3, -0.25) is 24.5 Å². The minimum Gasteiger partial charge on any atom is -0.459 e. The molecule has 0 radical (unpaired) electrons. The number of nitro benzene ring substituents is 1. The molecule has 184 valence electrons. The number of benzene rings is 1. The van der Waals surface area contributed by atoms with Gasteiger partial charge in [0.15, 0.2) is 15.7 Å². The summed E-state index contributed by atoms with van der Waals surface area (Å²) in [6, 6.07) is 4.62. The highest BCUT2D eigenvalue weighted by Gasteiger charge is 2.57. The van der Waals surface area contributed by atoms with Gasteiger partial charge in [-0.1, -0.05) is 5.16 Å². The summed E-state index contributed by atoms with van der Waals surface area (Å²) in [5, 5.41) is 26.6. The summed E-state index contributed by atoms with van der Waals surface area (Å²) < 4.78 is 5.28. The molecule has 2 unspecified atom stereocenters. The Kier molecular flexibility index (Phi) is 6.82. The number of nitrogens with two attached hydrogens (primary N) is 1. The number of thioether (sulfide) groups is 1. The van der Waals surface area contributed by atoms with Crippen LogP contribution in [0.3, 0.4) is 0 Å². The average Bonchev–Trinajstić information content (AvgIpc) is 3.27. The summed E-state index contributed by atoms with van der Waals surface area (Å²) >= 11 is 8.74. The third-order valence-corrected chi connectivity index (χ3v) is 8.06. The van der Waals surface area contributed by atoms with Crippen LogP contribution in [0.25, 0.3) is 0 Å². The standard InChI is InChI=1S/C19H17ClN6O7S2/c20-19(17(29)33-5-9-1-3-10(4-2-9)26(31)32)7-25-15(28)13(16(25)35-8-19)23-14(27)12(24-30)11-6-34-18(21)22-11/h1-4,6,13,16,30H,5,7-8H2,(H2,21,22)(H,23,27)/t13?,16-,19?/m1/s1. The Hall–Kier alpha value is -3.43. The van der Waals surface area contributed by atoms with E-state index in [1.165, 1.54) is 46.3 Å². The summed E-state index contributed by atoms with van der Waals surface area (Å²) in [7, 11) is 0. The van der Waals surface area contributed by atoms with E-state index in [0.29, 0.717) is 5.56 Å². The second-order valence-corrected chi connectivity index (χ2v) is 10.3. The lowest BCUT2D eigenvalue weighted by molar-refractivity contribution is -0.384. The Morgan fingerprint density at radius 2 is 2.14 bits per heavy atom. The van der Waals surface area contributed by atoms with Gasteiger partial charge in [0.05, 0.1) is 11.5 Å². The number of alkyl halides is 1. The monoisotopic (exact) mass is 540 g/mol. The molecule has 2 fully saturated rings. The number of amides is 2. The van der Waals surface area contributed by atoms with Crippen LogP contribution in [0.2, 0.25) is 0 Å². The van der Waals surface area contributed by atoms with Crippen molar-refractivity contribution in [3.8, 4) is 0 Å². The van der Waals surface area contributed by atoms with Crippen LogP contribution in [-0.4, -0.2) is 72.1 Å². The first-order valence-corrected chi connectivity index (χ1v) is 12.2. The third kappa shape index (κ3) is 4.87. The van der Waals surface area contributed by atoms with Crippen LogP contribution in [0.15, 0.2) is 34.8 Å². The third-order valence-electron chi connectivity index (χ3n) is 5.29. The fourth-order valence-electron chi connectivity index (χ4n) is 3.48. The Morgan fingerprint density at radius 3 is 2.74 bits per heavy atom. The molecule has 35 heavy (non-hydrogen) atoms. The highest BCUT2D eigenvalue weighted by molar-refractivity contribution is 8.00. The van der Waals surface area contributed by atoms with Crippen molar-refractivity contribution in [1.29, 1.82) is 0 Å². The maximum atomic E-state index is 12.7. The molecule has 1 aromatic carbocycles.